The van der Waals surface area contributed by atoms with Crippen LogP contribution in [0.5, 0.6) is 0 Å². The maximum absolute atomic E-state index is 13.5. The largest absolute Gasteiger partial charge is 0.465 e. The van der Waals surface area contributed by atoms with Crippen molar-refractivity contribution in [1.82, 2.24) is 0 Å². The molecule has 19 heavy (non-hydrogen) atoms. The van der Waals surface area contributed by atoms with E-state index in [0.29, 0.717) is 6.04 Å². The van der Waals surface area contributed by atoms with E-state index in [4.69, 9.17) is 0 Å². The summed E-state index contributed by atoms with van der Waals surface area (Å²) in [5, 5.41) is 3.27. The number of anilines is 1. The van der Waals surface area contributed by atoms with Crippen molar-refractivity contribution in [2.24, 2.45) is 0 Å². The Morgan fingerprint density at radius 2 is 2.16 bits per heavy atom. The normalized spacial score (nSPS) is 12.0. The minimum atomic E-state index is -0.653. The first kappa shape index (κ1) is 15.5. The molecule has 1 aromatic rings. The third kappa shape index (κ3) is 4.89. The lowest BCUT2D eigenvalue weighted by atomic mass is 10.1. The first-order valence-electron chi connectivity index (χ1n) is 6.72. The first-order valence-corrected chi connectivity index (χ1v) is 6.72. The lowest BCUT2D eigenvalue weighted by Gasteiger charge is -2.15. The summed E-state index contributed by atoms with van der Waals surface area (Å²) in [5.74, 6) is -1.21. The number of halogens is 1. The molecule has 1 rings (SSSR count). The Labute approximate surface area is 114 Å². The Morgan fingerprint density at radius 1 is 1.42 bits per heavy atom. The van der Waals surface area contributed by atoms with E-state index in [1.807, 2.05) is 0 Å². The molecular weight excluding hydrogens is 245 g/mol. The smallest absolute Gasteiger partial charge is 0.340 e. The molecule has 0 saturated carbocycles. The van der Waals surface area contributed by atoms with E-state index in [1.165, 1.54) is 32.1 Å². The van der Waals surface area contributed by atoms with Gasteiger partial charge in [-0.05, 0) is 31.5 Å². The number of hydrogen-bond acceptors (Lipinski definition) is 3. The van der Waals surface area contributed by atoms with E-state index >= 15 is 0 Å². The molecular formula is C15H22FNO2. The highest BCUT2D eigenvalue weighted by atomic mass is 19.1. The molecule has 1 N–H and O–H groups in total. The topological polar surface area (TPSA) is 38.3 Å². The third-order valence-electron chi connectivity index (χ3n) is 3.03. The summed E-state index contributed by atoms with van der Waals surface area (Å²) < 4.78 is 18.0. The molecule has 0 aromatic heterocycles. The van der Waals surface area contributed by atoms with Gasteiger partial charge in [-0.25, -0.2) is 9.18 Å². The summed E-state index contributed by atoms with van der Waals surface area (Å²) in [6.07, 6.45) is 4.62. The van der Waals surface area contributed by atoms with Crippen LogP contribution in [0, 0.1) is 5.82 Å². The lowest BCUT2D eigenvalue weighted by molar-refractivity contribution is 0.0595. The van der Waals surface area contributed by atoms with E-state index in [0.717, 1.165) is 18.5 Å². The van der Waals surface area contributed by atoms with Crippen molar-refractivity contribution in [1.29, 1.82) is 0 Å². The van der Waals surface area contributed by atoms with Crippen LogP contribution in [0.4, 0.5) is 10.1 Å². The quantitative estimate of drug-likeness (QED) is 0.599. The molecule has 0 fully saturated rings. The number of unbranched alkanes of at least 4 members (excludes halogenated alkanes) is 2. The highest BCUT2D eigenvalue weighted by molar-refractivity contribution is 5.90. The molecule has 4 heteroatoms. The molecule has 0 aliphatic rings. The molecule has 106 valence electrons. The van der Waals surface area contributed by atoms with Crippen LogP contribution in [0.2, 0.25) is 0 Å². The Morgan fingerprint density at radius 3 is 2.79 bits per heavy atom. The molecule has 0 bridgehead atoms. The van der Waals surface area contributed by atoms with Crippen molar-refractivity contribution in [2.45, 2.75) is 45.6 Å². The summed E-state index contributed by atoms with van der Waals surface area (Å²) in [5.41, 5.74) is 0.707. The second-order valence-electron chi connectivity index (χ2n) is 4.73. The van der Waals surface area contributed by atoms with Crippen molar-refractivity contribution in [3.8, 4) is 0 Å². The van der Waals surface area contributed by atoms with Crippen molar-refractivity contribution in [2.75, 3.05) is 12.4 Å². The molecule has 0 aliphatic heterocycles. The third-order valence-corrected chi connectivity index (χ3v) is 3.03. The van der Waals surface area contributed by atoms with E-state index in [1.54, 1.807) is 6.07 Å². The molecule has 3 nitrogen and oxygen atoms in total. The van der Waals surface area contributed by atoms with Gasteiger partial charge in [0.25, 0.3) is 0 Å². The van der Waals surface area contributed by atoms with E-state index < -0.39 is 11.8 Å². The number of nitrogens with one attached hydrogen (secondary N) is 1. The van der Waals surface area contributed by atoms with Gasteiger partial charge in [0.15, 0.2) is 0 Å². The Balaban J connectivity index is 2.66. The number of rotatable bonds is 7. The number of esters is 1. The molecule has 0 aliphatic carbocycles. The number of carbonyl (C=O) groups is 1. The molecule has 1 aromatic carbocycles. The standard InChI is InChI=1S/C15H22FNO2/c1-4-5-6-7-11(2)17-12-8-9-14(16)13(10-12)15(18)19-3/h8-11,17H,4-7H2,1-3H3. The minimum Gasteiger partial charge on any atom is -0.465 e. The van der Waals surface area contributed by atoms with Gasteiger partial charge in [0.1, 0.15) is 5.82 Å². The van der Waals surface area contributed by atoms with Gasteiger partial charge >= 0.3 is 5.97 Å². The zero-order valence-corrected chi connectivity index (χ0v) is 11.8. The monoisotopic (exact) mass is 267 g/mol. The Hall–Kier alpha value is -1.58. The molecule has 0 radical (unpaired) electrons. The van der Waals surface area contributed by atoms with Crippen LogP contribution in [0.1, 0.15) is 49.9 Å². The Bertz CT molecular complexity index is 421. The van der Waals surface area contributed by atoms with Gasteiger partial charge in [-0.2, -0.15) is 0 Å². The molecule has 0 heterocycles. The number of carbonyl (C=O) groups excluding carboxylic acids is 1. The molecule has 1 atom stereocenters. The van der Waals surface area contributed by atoms with Gasteiger partial charge in [0, 0.05) is 11.7 Å². The van der Waals surface area contributed by atoms with E-state index in [-0.39, 0.29) is 5.56 Å². The predicted molar refractivity (Wildman–Crippen MR) is 75.0 cm³/mol. The van der Waals surface area contributed by atoms with Gasteiger partial charge in [-0.1, -0.05) is 26.2 Å². The van der Waals surface area contributed by atoms with Gasteiger partial charge < -0.3 is 10.1 Å². The lowest BCUT2D eigenvalue weighted by Crippen LogP contribution is -2.15. The fourth-order valence-electron chi connectivity index (χ4n) is 1.94. The molecule has 0 spiro atoms. The van der Waals surface area contributed by atoms with Crippen LogP contribution in [-0.4, -0.2) is 19.1 Å². The number of ether oxygens (including phenoxy) is 1. The van der Waals surface area contributed by atoms with Gasteiger partial charge in [-0.15, -0.1) is 0 Å². The van der Waals surface area contributed by atoms with Crippen LogP contribution in [0.15, 0.2) is 18.2 Å². The predicted octanol–water partition coefficient (Wildman–Crippen LogP) is 3.99. The number of benzene rings is 1. The van der Waals surface area contributed by atoms with Gasteiger partial charge in [-0.3, -0.25) is 0 Å². The maximum Gasteiger partial charge on any atom is 0.340 e. The highest BCUT2D eigenvalue weighted by Crippen LogP contribution is 2.17. The average molecular weight is 267 g/mol. The van der Waals surface area contributed by atoms with Crippen molar-refractivity contribution in [3.63, 3.8) is 0 Å². The summed E-state index contributed by atoms with van der Waals surface area (Å²) in [6, 6.07) is 4.71. The van der Waals surface area contributed by atoms with Crippen molar-refractivity contribution >= 4 is 11.7 Å². The first-order chi connectivity index (χ1) is 9.08. The summed E-state index contributed by atoms with van der Waals surface area (Å²) in [4.78, 5) is 11.4. The zero-order chi connectivity index (χ0) is 14.3. The van der Waals surface area contributed by atoms with Crippen LogP contribution < -0.4 is 5.32 Å². The van der Waals surface area contributed by atoms with Gasteiger partial charge in [0.2, 0.25) is 0 Å². The van der Waals surface area contributed by atoms with Crippen LogP contribution in [0.3, 0.4) is 0 Å². The van der Waals surface area contributed by atoms with E-state index in [2.05, 4.69) is 23.9 Å². The SMILES string of the molecule is CCCCCC(C)Nc1ccc(F)c(C(=O)OC)c1. The second-order valence-corrected chi connectivity index (χ2v) is 4.73. The van der Waals surface area contributed by atoms with Crippen molar-refractivity contribution < 1.29 is 13.9 Å². The summed E-state index contributed by atoms with van der Waals surface area (Å²) in [7, 11) is 1.25. The van der Waals surface area contributed by atoms with Crippen LogP contribution >= 0.6 is 0 Å². The fraction of sp³-hybridized carbons (Fsp3) is 0.533. The van der Waals surface area contributed by atoms with E-state index in [9.17, 15) is 9.18 Å². The summed E-state index contributed by atoms with van der Waals surface area (Å²) in [6.45, 7) is 4.25. The van der Waals surface area contributed by atoms with Crippen LogP contribution in [0.25, 0.3) is 0 Å². The van der Waals surface area contributed by atoms with Gasteiger partial charge in [0.05, 0.1) is 12.7 Å². The zero-order valence-electron chi connectivity index (χ0n) is 11.8. The molecule has 0 amide bonds. The molecule has 0 saturated heterocycles. The summed E-state index contributed by atoms with van der Waals surface area (Å²) >= 11 is 0. The fourth-order valence-corrected chi connectivity index (χ4v) is 1.94. The highest BCUT2D eigenvalue weighted by Gasteiger charge is 2.13. The molecule has 1 unspecified atom stereocenters. The second kappa shape index (κ2) is 7.77. The maximum atomic E-state index is 13.5. The van der Waals surface area contributed by atoms with Crippen LogP contribution in [-0.2, 0) is 4.74 Å². The number of hydrogen-bond donors (Lipinski definition) is 1. The van der Waals surface area contributed by atoms with Crippen molar-refractivity contribution in [3.05, 3.63) is 29.6 Å². The Kier molecular flexibility index (Phi) is 6.33. The number of methoxy groups -OCH3 is 1. The average Bonchev–Trinajstić information content (AvgIpc) is 2.40. The minimum absolute atomic E-state index is 0.0340.